The van der Waals surface area contributed by atoms with E-state index in [0.717, 1.165) is 38.7 Å². The van der Waals surface area contributed by atoms with Crippen molar-refractivity contribution in [3.8, 4) is 0 Å². The van der Waals surface area contributed by atoms with Crippen molar-refractivity contribution in [2.24, 2.45) is 0 Å². The summed E-state index contributed by atoms with van der Waals surface area (Å²) >= 11 is 0. The summed E-state index contributed by atoms with van der Waals surface area (Å²) in [6.07, 6.45) is 5.00. The SMILES string of the molecule is C=C(C)C(=O)OC1CCCCOC1CCC. The first-order valence-corrected chi connectivity index (χ1v) is 6.13. The van der Waals surface area contributed by atoms with E-state index in [9.17, 15) is 4.79 Å². The summed E-state index contributed by atoms with van der Waals surface area (Å²) in [4.78, 5) is 11.5. The number of hydrogen-bond acceptors (Lipinski definition) is 3. The van der Waals surface area contributed by atoms with Crippen LogP contribution in [0.25, 0.3) is 0 Å². The fraction of sp³-hybridized carbons (Fsp3) is 0.769. The molecule has 1 saturated heterocycles. The second-order valence-corrected chi connectivity index (χ2v) is 4.42. The van der Waals surface area contributed by atoms with Gasteiger partial charge in [-0.25, -0.2) is 4.79 Å². The molecular formula is C13H22O3. The molecule has 0 aliphatic carbocycles. The summed E-state index contributed by atoms with van der Waals surface area (Å²) in [7, 11) is 0. The van der Waals surface area contributed by atoms with Crippen LogP contribution in [-0.4, -0.2) is 24.8 Å². The van der Waals surface area contributed by atoms with Gasteiger partial charge in [0.2, 0.25) is 0 Å². The highest BCUT2D eigenvalue weighted by molar-refractivity contribution is 5.87. The highest BCUT2D eigenvalue weighted by Crippen LogP contribution is 2.21. The van der Waals surface area contributed by atoms with E-state index >= 15 is 0 Å². The van der Waals surface area contributed by atoms with Gasteiger partial charge >= 0.3 is 5.97 Å². The van der Waals surface area contributed by atoms with Gasteiger partial charge in [0, 0.05) is 12.2 Å². The third kappa shape index (κ3) is 3.97. The van der Waals surface area contributed by atoms with Gasteiger partial charge in [0.25, 0.3) is 0 Å². The number of rotatable bonds is 4. The van der Waals surface area contributed by atoms with Gasteiger partial charge in [-0.05, 0) is 32.6 Å². The molecule has 1 rings (SSSR count). The Morgan fingerprint density at radius 1 is 1.50 bits per heavy atom. The van der Waals surface area contributed by atoms with E-state index in [4.69, 9.17) is 9.47 Å². The molecule has 0 bridgehead atoms. The summed E-state index contributed by atoms with van der Waals surface area (Å²) < 4.78 is 11.2. The van der Waals surface area contributed by atoms with E-state index in [-0.39, 0.29) is 18.2 Å². The van der Waals surface area contributed by atoms with Crippen LogP contribution in [0.5, 0.6) is 0 Å². The number of ether oxygens (including phenoxy) is 2. The third-order valence-corrected chi connectivity index (χ3v) is 2.81. The minimum atomic E-state index is -0.295. The number of esters is 1. The molecule has 0 saturated carbocycles. The Labute approximate surface area is 97.8 Å². The van der Waals surface area contributed by atoms with Crippen molar-refractivity contribution in [3.63, 3.8) is 0 Å². The number of carbonyl (C=O) groups excluding carboxylic acids is 1. The molecular weight excluding hydrogens is 204 g/mol. The van der Waals surface area contributed by atoms with Crippen molar-refractivity contribution in [2.75, 3.05) is 6.61 Å². The Morgan fingerprint density at radius 3 is 2.88 bits per heavy atom. The van der Waals surface area contributed by atoms with Crippen LogP contribution in [0.2, 0.25) is 0 Å². The van der Waals surface area contributed by atoms with E-state index in [1.54, 1.807) is 6.92 Å². The van der Waals surface area contributed by atoms with E-state index in [1.165, 1.54) is 0 Å². The zero-order valence-corrected chi connectivity index (χ0v) is 10.3. The molecule has 0 amide bonds. The fourth-order valence-electron chi connectivity index (χ4n) is 1.90. The molecule has 0 aromatic heterocycles. The maximum absolute atomic E-state index is 11.5. The molecule has 1 aliphatic heterocycles. The van der Waals surface area contributed by atoms with Crippen LogP contribution in [0.4, 0.5) is 0 Å². The zero-order chi connectivity index (χ0) is 12.0. The van der Waals surface area contributed by atoms with Crippen LogP contribution in [0.1, 0.15) is 46.0 Å². The van der Waals surface area contributed by atoms with Crippen molar-refractivity contribution in [1.82, 2.24) is 0 Å². The van der Waals surface area contributed by atoms with Crippen molar-refractivity contribution < 1.29 is 14.3 Å². The average Bonchev–Trinajstić information content (AvgIpc) is 2.45. The second kappa shape index (κ2) is 6.69. The van der Waals surface area contributed by atoms with Gasteiger partial charge in [0.05, 0.1) is 6.10 Å². The van der Waals surface area contributed by atoms with Crippen LogP contribution in [-0.2, 0) is 14.3 Å². The van der Waals surface area contributed by atoms with Crippen molar-refractivity contribution in [2.45, 2.75) is 58.2 Å². The summed E-state index contributed by atoms with van der Waals surface area (Å²) in [6, 6.07) is 0. The number of hydrogen-bond donors (Lipinski definition) is 0. The molecule has 0 radical (unpaired) electrons. The van der Waals surface area contributed by atoms with Crippen LogP contribution in [0, 0.1) is 0 Å². The smallest absolute Gasteiger partial charge is 0.333 e. The largest absolute Gasteiger partial charge is 0.456 e. The predicted molar refractivity (Wildman–Crippen MR) is 63.2 cm³/mol. The fourth-order valence-corrected chi connectivity index (χ4v) is 1.90. The standard InChI is InChI=1S/C13H22O3/c1-4-7-11-12(8-5-6-9-15-11)16-13(14)10(2)3/h11-12H,2,4-9H2,1,3H3. The lowest BCUT2D eigenvalue weighted by Crippen LogP contribution is -2.32. The maximum atomic E-state index is 11.5. The molecule has 2 atom stereocenters. The number of carbonyl (C=O) groups is 1. The zero-order valence-electron chi connectivity index (χ0n) is 10.3. The Hall–Kier alpha value is -0.830. The highest BCUT2D eigenvalue weighted by atomic mass is 16.6. The molecule has 0 spiro atoms. The Balaban J connectivity index is 2.56. The molecule has 3 heteroatoms. The molecule has 0 N–H and O–H groups in total. The summed E-state index contributed by atoms with van der Waals surface area (Å²) in [5, 5.41) is 0. The molecule has 16 heavy (non-hydrogen) atoms. The van der Waals surface area contributed by atoms with Gasteiger partial charge in [-0.3, -0.25) is 0 Å². The van der Waals surface area contributed by atoms with Crippen LogP contribution in [0.15, 0.2) is 12.2 Å². The molecule has 2 unspecified atom stereocenters. The van der Waals surface area contributed by atoms with E-state index in [1.807, 2.05) is 0 Å². The third-order valence-electron chi connectivity index (χ3n) is 2.81. The van der Waals surface area contributed by atoms with Crippen LogP contribution >= 0.6 is 0 Å². The van der Waals surface area contributed by atoms with Crippen molar-refractivity contribution >= 4 is 5.97 Å². The monoisotopic (exact) mass is 226 g/mol. The Kier molecular flexibility index (Phi) is 5.53. The minimum Gasteiger partial charge on any atom is -0.456 e. The van der Waals surface area contributed by atoms with E-state index in [2.05, 4.69) is 13.5 Å². The van der Waals surface area contributed by atoms with Gasteiger partial charge < -0.3 is 9.47 Å². The molecule has 3 nitrogen and oxygen atoms in total. The van der Waals surface area contributed by atoms with Crippen LogP contribution in [0.3, 0.4) is 0 Å². The molecule has 0 aromatic rings. The van der Waals surface area contributed by atoms with Gasteiger partial charge in [-0.2, -0.15) is 0 Å². The first-order chi connectivity index (χ1) is 7.65. The van der Waals surface area contributed by atoms with Crippen molar-refractivity contribution in [3.05, 3.63) is 12.2 Å². The molecule has 1 fully saturated rings. The van der Waals surface area contributed by atoms with Gasteiger partial charge in [0.15, 0.2) is 0 Å². The van der Waals surface area contributed by atoms with E-state index in [0.29, 0.717) is 5.57 Å². The molecule has 0 aromatic carbocycles. The average molecular weight is 226 g/mol. The molecule has 1 aliphatic rings. The summed E-state index contributed by atoms with van der Waals surface area (Å²) in [6.45, 7) is 8.18. The van der Waals surface area contributed by atoms with Gasteiger partial charge in [-0.15, -0.1) is 0 Å². The lowest BCUT2D eigenvalue weighted by Gasteiger charge is -2.24. The molecule has 1 heterocycles. The first-order valence-electron chi connectivity index (χ1n) is 6.13. The summed E-state index contributed by atoms with van der Waals surface area (Å²) in [5.41, 5.74) is 0.458. The topological polar surface area (TPSA) is 35.5 Å². The predicted octanol–water partition coefficient (Wildman–Crippen LogP) is 2.84. The van der Waals surface area contributed by atoms with E-state index < -0.39 is 0 Å². The second-order valence-electron chi connectivity index (χ2n) is 4.42. The lowest BCUT2D eigenvalue weighted by molar-refractivity contribution is -0.152. The normalized spacial score (nSPS) is 25.9. The highest BCUT2D eigenvalue weighted by Gasteiger charge is 2.27. The quantitative estimate of drug-likeness (QED) is 0.546. The van der Waals surface area contributed by atoms with Crippen LogP contribution < -0.4 is 0 Å². The van der Waals surface area contributed by atoms with Crippen molar-refractivity contribution in [1.29, 1.82) is 0 Å². The van der Waals surface area contributed by atoms with Gasteiger partial charge in [-0.1, -0.05) is 19.9 Å². The maximum Gasteiger partial charge on any atom is 0.333 e. The molecule has 92 valence electrons. The summed E-state index contributed by atoms with van der Waals surface area (Å²) in [5.74, 6) is -0.295. The lowest BCUT2D eigenvalue weighted by atomic mass is 10.0. The Morgan fingerprint density at radius 2 is 2.25 bits per heavy atom. The van der Waals surface area contributed by atoms with Gasteiger partial charge in [0.1, 0.15) is 6.10 Å². The minimum absolute atomic E-state index is 0.0656. The Bertz CT molecular complexity index is 248. The first kappa shape index (κ1) is 13.2.